The number of furan rings is 1. The third kappa shape index (κ3) is 4.16. The van der Waals surface area contributed by atoms with E-state index in [0.29, 0.717) is 25.3 Å². The number of hydrogen-bond donors (Lipinski definition) is 2. The van der Waals surface area contributed by atoms with Crippen molar-refractivity contribution in [2.24, 2.45) is 0 Å². The van der Waals surface area contributed by atoms with Crippen LogP contribution in [0.1, 0.15) is 33.3 Å². The van der Waals surface area contributed by atoms with Gasteiger partial charge < -0.3 is 14.8 Å². The number of sulfonamides is 1. The second-order valence-electron chi connectivity index (χ2n) is 7.13. The first kappa shape index (κ1) is 20.3. The van der Waals surface area contributed by atoms with Crippen LogP contribution in [0.25, 0.3) is 0 Å². The third-order valence-corrected chi connectivity index (χ3v) is 7.00. The van der Waals surface area contributed by atoms with Crippen LogP contribution in [0.3, 0.4) is 0 Å². The first-order chi connectivity index (χ1) is 14.4. The van der Waals surface area contributed by atoms with Crippen molar-refractivity contribution in [3.05, 3.63) is 89.4 Å². The van der Waals surface area contributed by atoms with E-state index in [1.165, 1.54) is 22.7 Å². The zero-order valence-electron chi connectivity index (χ0n) is 16.2. The number of rotatable bonds is 6. The molecule has 1 aliphatic rings. The van der Waals surface area contributed by atoms with E-state index >= 15 is 0 Å². The maximum atomic E-state index is 13.1. The third-order valence-electron chi connectivity index (χ3n) is 5.16. The Labute approximate surface area is 175 Å². The highest BCUT2D eigenvalue weighted by molar-refractivity contribution is 7.89. The highest BCUT2D eigenvalue weighted by Crippen LogP contribution is 2.25. The quantitative estimate of drug-likeness (QED) is 0.631. The number of carbonyl (C=O) groups is 1. The Morgan fingerprint density at radius 2 is 1.90 bits per heavy atom. The smallest absolute Gasteiger partial charge is 0.251 e. The molecule has 0 radical (unpaired) electrons. The fourth-order valence-corrected chi connectivity index (χ4v) is 4.96. The Kier molecular flexibility index (Phi) is 5.72. The molecule has 0 aliphatic carbocycles. The van der Waals surface area contributed by atoms with Gasteiger partial charge in [0.1, 0.15) is 11.9 Å². The molecule has 1 aromatic heterocycles. The number of aliphatic hydroxyl groups excluding tert-OH is 1. The van der Waals surface area contributed by atoms with Gasteiger partial charge in [-0.15, -0.1) is 0 Å². The number of nitrogens with zero attached hydrogens (tertiary/aromatic N) is 1. The first-order valence-electron chi connectivity index (χ1n) is 9.62. The molecule has 0 saturated heterocycles. The highest BCUT2D eigenvalue weighted by Gasteiger charge is 2.28. The SMILES string of the molecule is O=C(NCC(O)c1ccco1)c1cccc(S(=O)(=O)N2CCc3ccccc3C2)c1. The largest absolute Gasteiger partial charge is 0.467 e. The van der Waals surface area contributed by atoms with Crippen molar-refractivity contribution in [3.8, 4) is 0 Å². The summed E-state index contributed by atoms with van der Waals surface area (Å²) in [5, 5.41) is 12.6. The molecule has 1 unspecified atom stereocenters. The summed E-state index contributed by atoms with van der Waals surface area (Å²) in [6.07, 6.45) is 1.11. The summed E-state index contributed by atoms with van der Waals surface area (Å²) in [4.78, 5) is 12.5. The van der Waals surface area contributed by atoms with Gasteiger partial charge in [0.25, 0.3) is 5.91 Å². The molecule has 2 N–H and O–H groups in total. The lowest BCUT2D eigenvalue weighted by atomic mass is 10.0. The monoisotopic (exact) mass is 426 g/mol. The summed E-state index contributed by atoms with van der Waals surface area (Å²) in [6.45, 7) is 0.654. The van der Waals surface area contributed by atoms with Gasteiger partial charge >= 0.3 is 0 Å². The van der Waals surface area contributed by atoms with Gasteiger partial charge in [-0.1, -0.05) is 30.3 Å². The Morgan fingerprint density at radius 1 is 1.10 bits per heavy atom. The van der Waals surface area contributed by atoms with Gasteiger partial charge in [-0.05, 0) is 47.9 Å². The van der Waals surface area contributed by atoms with E-state index in [1.54, 1.807) is 24.3 Å². The van der Waals surface area contributed by atoms with Crippen LogP contribution >= 0.6 is 0 Å². The minimum absolute atomic E-state index is 0.0494. The molecule has 0 saturated carbocycles. The molecule has 8 heteroatoms. The van der Waals surface area contributed by atoms with Gasteiger partial charge in [0.15, 0.2) is 0 Å². The fourth-order valence-electron chi connectivity index (χ4n) is 3.49. The van der Waals surface area contributed by atoms with Crippen molar-refractivity contribution < 1.29 is 22.7 Å². The predicted molar refractivity (Wildman–Crippen MR) is 110 cm³/mol. The molecule has 1 amide bonds. The molecular weight excluding hydrogens is 404 g/mol. The van der Waals surface area contributed by atoms with Crippen LogP contribution in [0.2, 0.25) is 0 Å². The molecule has 3 aromatic rings. The minimum atomic E-state index is -3.74. The van der Waals surface area contributed by atoms with Crippen molar-refractivity contribution in [2.45, 2.75) is 24.0 Å². The van der Waals surface area contributed by atoms with Crippen LogP contribution in [0, 0.1) is 0 Å². The molecule has 156 valence electrons. The van der Waals surface area contributed by atoms with Crippen LogP contribution < -0.4 is 5.32 Å². The van der Waals surface area contributed by atoms with E-state index in [1.807, 2.05) is 24.3 Å². The highest BCUT2D eigenvalue weighted by atomic mass is 32.2. The second-order valence-corrected chi connectivity index (χ2v) is 9.06. The van der Waals surface area contributed by atoms with Crippen LogP contribution in [0.5, 0.6) is 0 Å². The molecule has 0 bridgehead atoms. The Hall–Kier alpha value is -2.94. The summed E-state index contributed by atoms with van der Waals surface area (Å²) in [5.74, 6) is -0.126. The van der Waals surface area contributed by atoms with E-state index in [2.05, 4.69) is 5.32 Å². The number of fused-ring (bicyclic) bond motifs is 1. The average Bonchev–Trinajstić information content (AvgIpc) is 3.32. The molecule has 0 spiro atoms. The molecule has 1 aliphatic heterocycles. The molecule has 7 nitrogen and oxygen atoms in total. The number of aliphatic hydroxyl groups is 1. The first-order valence-corrected chi connectivity index (χ1v) is 11.1. The molecule has 4 rings (SSSR count). The summed E-state index contributed by atoms with van der Waals surface area (Å²) >= 11 is 0. The zero-order valence-corrected chi connectivity index (χ0v) is 17.0. The summed E-state index contributed by atoms with van der Waals surface area (Å²) in [5.41, 5.74) is 2.36. The van der Waals surface area contributed by atoms with Crippen LogP contribution in [0.4, 0.5) is 0 Å². The summed E-state index contributed by atoms with van der Waals surface area (Å²) < 4.78 is 32.8. The topological polar surface area (TPSA) is 99.8 Å². The standard InChI is InChI=1S/C22H22N2O5S/c25-20(21-9-4-12-29-21)14-23-22(26)17-7-3-8-19(13-17)30(27,28)24-11-10-16-5-1-2-6-18(16)15-24/h1-9,12-13,20,25H,10-11,14-15H2,(H,23,26). The van der Waals surface area contributed by atoms with Crippen molar-refractivity contribution in [1.82, 2.24) is 9.62 Å². The number of amides is 1. The lowest BCUT2D eigenvalue weighted by molar-refractivity contribution is 0.0901. The van der Waals surface area contributed by atoms with Crippen molar-refractivity contribution in [3.63, 3.8) is 0 Å². The van der Waals surface area contributed by atoms with Crippen LogP contribution in [-0.4, -0.2) is 36.8 Å². The van der Waals surface area contributed by atoms with E-state index in [4.69, 9.17) is 4.42 Å². The number of hydrogen-bond acceptors (Lipinski definition) is 5. The predicted octanol–water partition coefficient (Wildman–Crippen LogP) is 2.49. The van der Waals surface area contributed by atoms with E-state index in [-0.39, 0.29) is 17.0 Å². The molecule has 30 heavy (non-hydrogen) atoms. The number of carbonyl (C=O) groups excluding carboxylic acids is 1. The number of benzene rings is 2. The Morgan fingerprint density at radius 3 is 2.67 bits per heavy atom. The van der Waals surface area contributed by atoms with Crippen LogP contribution in [0.15, 0.2) is 76.2 Å². The van der Waals surface area contributed by atoms with Gasteiger partial charge in [-0.2, -0.15) is 4.31 Å². The molecule has 0 fully saturated rings. The normalized spacial score (nSPS) is 15.4. The zero-order chi connectivity index (χ0) is 21.1. The van der Waals surface area contributed by atoms with E-state index in [9.17, 15) is 18.3 Å². The van der Waals surface area contributed by atoms with E-state index in [0.717, 1.165) is 11.1 Å². The lowest BCUT2D eigenvalue weighted by Crippen LogP contribution is -2.36. The molecule has 2 heterocycles. The minimum Gasteiger partial charge on any atom is -0.467 e. The van der Waals surface area contributed by atoms with Crippen molar-refractivity contribution in [1.29, 1.82) is 0 Å². The van der Waals surface area contributed by atoms with Crippen molar-refractivity contribution >= 4 is 15.9 Å². The maximum absolute atomic E-state index is 13.1. The molecular formula is C22H22N2O5S. The van der Waals surface area contributed by atoms with Crippen LogP contribution in [-0.2, 0) is 23.0 Å². The van der Waals surface area contributed by atoms with Gasteiger partial charge in [0.05, 0.1) is 17.7 Å². The number of nitrogens with one attached hydrogen (secondary N) is 1. The van der Waals surface area contributed by atoms with Gasteiger partial charge in [-0.3, -0.25) is 4.79 Å². The van der Waals surface area contributed by atoms with Gasteiger partial charge in [-0.25, -0.2) is 8.42 Å². The molecule has 1 atom stereocenters. The fraction of sp³-hybridized carbons (Fsp3) is 0.227. The van der Waals surface area contributed by atoms with Gasteiger partial charge in [0, 0.05) is 18.7 Å². The summed E-state index contributed by atoms with van der Waals surface area (Å²) in [6, 6.07) is 17.0. The van der Waals surface area contributed by atoms with Gasteiger partial charge in [0.2, 0.25) is 10.0 Å². The average molecular weight is 426 g/mol. The van der Waals surface area contributed by atoms with E-state index < -0.39 is 22.0 Å². The lowest BCUT2D eigenvalue weighted by Gasteiger charge is -2.28. The van der Waals surface area contributed by atoms with Crippen molar-refractivity contribution in [2.75, 3.05) is 13.1 Å². The maximum Gasteiger partial charge on any atom is 0.251 e. The second kappa shape index (κ2) is 8.43. The summed E-state index contributed by atoms with van der Waals surface area (Å²) in [7, 11) is -3.74. The Bertz CT molecular complexity index is 1140. The Balaban J connectivity index is 1.48. The molecule has 2 aromatic carbocycles.